The Kier molecular flexibility index (Phi) is 7.55. The van der Waals surface area contributed by atoms with Crippen LogP contribution in [0.4, 0.5) is 0 Å². The minimum absolute atomic E-state index is 0.380. The molecule has 2 aromatic carbocycles. The van der Waals surface area contributed by atoms with Gasteiger partial charge in [-0.15, -0.1) is 0 Å². The summed E-state index contributed by atoms with van der Waals surface area (Å²) in [5, 5.41) is 0. The van der Waals surface area contributed by atoms with Gasteiger partial charge in [0, 0.05) is 6.08 Å². The molecule has 27 heavy (non-hydrogen) atoms. The standard InChI is InChI=1S/C21H24O6/c1-5-12-26-16-8-6-7-9-17(16)27-20(22)11-10-15-13-18(23-2)21(25-4)19(14-15)24-3/h6-11,13-14H,5,12H2,1-4H3/b11-10+. The summed E-state index contributed by atoms with van der Waals surface area (Å²) in [5.74, 6) is 1.89. The van der Waals surface area contributed by atoms with Gasteiger partial charge in [-0.25, -0.2) is 4.79 Å². The second-order valence-electron chi connectivity index (χ2n) is 5.51. The second kappa shape index (κ2) is 10.1. The summed E-state index contributed by atoms with van der Waals surface area (Å²) < 4.78 is 26.9. The van der Waals surface area contributed by atoms with Crippen LogP contribution in [0.2, 0.25) is 0 Å². The lowest BCUT2D eigenvalue weighted by atomic mass is 10.1. The van der Waals surface area contributed by atoms with Gasteiger partial charge < -0.3 is 23.7 Å². The number of hydrogen-bond donors (Lipinski definition) is 0. The normalized spacial score (nSPS) is 10.5. The molecule has 6 heteroatoms. The molecule has 0 saturated heterocycles. The molecule has 0 N–H and O–H groups in total. The quantitative estimate of drug-likeness (QED) is 0.375. The summed E-state index contributed by atoms with van der Waals surface area (Å²) in [6, 6.07) is 10.5. The van der Waals surface area contributed by atoms with Gasteiger partial charge in [-0.05, 0) is 42.3 Å². The Hall–Kier alpha value is -3.15. The molecule has 0 unspecified atom stereocenters. The van der Waals surface area contributed by atoms with E-state index in [0.717, 1.165) is 6.42 Å². The Labute approximate surface area is 159 Å². The lowest BCUT2D eigenvalue weighted by Gasteiger charge is -2.12. The molecule has 0 fully saturated rings. The average Bonchev–Trinajstić information content (AvgIpc) is 2.70. The maximum absolute atomic E-state index is 12.2. The Morgan fingerprint density at radius 1 is 0.926 bits per heavy atom. The molecule has 2 aromatic rings. The predicted molar refractivity (Wildman–Crippen MR) is 103 cm³/mol. The van der Waals surface area contributed by atoms with E-state index in [0.29, 0.717) is 40.9 Å². The largest absolute Gasteiger partial charge is 0.493 e. The number of para-hydroxylation sites is 2. The van der Waals surface area contributed by atoms with Crippen LogP contribution in [0.3, 0.4) is 0 Å². The molecule has 0 bridgehead atoms. The van der Waals surface area contributed by atoms with Crippen LogP contribution in [0, 0.1) is 0 Å². The van der Waals surface area contributed by atoms with Crippen LogP contribution in [0.1, 0.15) is 18.9 Å². The third-order valence-electron chi connectivity index (χ3n) is 3.62. The fourth-order valence-corrected chi connectivity index (χ4v) is 2.37. The van der Waals surface area contributed by atoms with Crippen LogP contribution in [0.5, 0.6) is 28.7 Å². The van der Waals surface area contributed by atoms with Crippen molar-refractivity contribution in [1.29, 1.82) is 0 Å². The van der Waals surface area contributed by atoms with Crippen molar-refractivity contribution in [3.8, 4) is 28.7 Å². The maximum Gasteiger partial charge on any atom is 0.336 e. The summed E-state index contributed by atoms with van der Waals surface area (Å²) in [7, 11) is 4.60. The zero-order valence-corrected chi connectivity index (χ0v) is 16.0. The SMILES string of the molecule is CCCOc1ccccc1OC(=O)/C=C/c1cc(OC)c(OC)c(OC)c1. The average molecular weight is 372 g/mol. The van der Waals surface area contributed by atoms with Crippen molar-refractivity contribution in [2.45, 2.75) is 13.3 Å². The van der Waals surface area contributed by atoms with E-state index in [-0.39, 0.29) is 0 Å². The molecule has 0 radical (unpaired) electrons. The van der Waals surface area contributed by atoms with E-state index in [9.17, 15) is 4.79 Å². The van der Waals surface area contributed by atoms with Crippen LogP contribution in [0.25, 0.3) is 6.08 Å². The highest BCUT2D eigenvalue weighted by atomic mass is 16.6. The predicted octanol–water partition coefficient (Wildman–Crippen LogP) is 4.12. The van der Waals surface area contributed by atoms with Crippen LogP contribution in [-0.2, 0) is 4.79 Å². The lowest BCUT2D eigenvalue weighted by molar-refractivity contribution is -0.129. The van der Waals surface area contributed by atoms with Gasteiger partial charge in [0.05, 0.1) is 27.9 Å². The topological polar surface area (TPSA) is 63.2 Å². The van der Waals surface area contributed by atoms with E-state index in [2.05, 4.69) is 0 Å². The van der Waals surface area contributed by atoms with E-state index in [1.54, 1.807) is 36.4 Å². The molecule has 2 rings (SSSR count). The van der Waals surface area contributed by atoms with Crippen molar-refractivity contribution in [3.05, 3.63) is 48.0 Å². The number of benzene rings is 2. The van der Waals surface area contributed by atoms with Crippen molar-refractivity contribution < 1.29 is 28.5 Å². The first-order valence-corrected chi connectivity index (χ1v) is 8.54. The molecule has 0 aliphatic heterocycles. The summed E-state index contributed by atoms with van der Waals surface area (Å²) in [6.07, 6.45) is 3.81. The van der Waals surface area contributed by atoms with Crippen molar-refractivity contribution in [2.75, 3.05) is 27.9 Å². The number of rotatable bonds is 9. The minimum Gasteiger partial charge on any atom is -0.493 e. The smallest absolute Gasteiger partial charge is 0.336 e. The minimum atomic E-state index is -0.517. The van der Waals surface area contributed by atoms with E-state index < -0.39 is 5.97 Å². The molecule has 0 aromatic heterocycles. The Balaban J connectivity index is 2.15. The number of carbonyl (C=O) groups is 1. The first-order valence-electron chi connectivity index (χ1n) is 8.54. The number of esters is 1. The lowest BCUT2D eigenvalue weighted by Crippen LogP contribution is -2.06. The molecule has 0 aliphatic rings. The molecular weight excluding hydrogens is 348 g/mol. The van der Waals surface area contributed by atoms with E-state index in [1.807, 2.05) is 13.0 Å². The van der Waals surface area contributed by atoms with Crippen LogP contribution in [0.15, 0.2) is 42.5 Å². The number of hydrogen-bond acceptors (Lipinski definition) is 6. The number of carbonyl (C=O) groups excluding carboxylic acids is 1. The molecule has 6 nitrogen and oxygen atoms in total. The highest BCUT2D eigenvalue weighted by molar-refractivity contribution is 5.89. The molecule has 0 atom stereocenters. The fraction of sp³-hybridized carbons (Fsp3) is 0.286. The molecule has 0 spiro atoms. The zero-order chi connectivity index (χ0) is 19.6. The number of ether oxygens (including phenoxy) is 5. The third kappa shape index (κ3) is 5.41. The third-order valence-corrected chi connectivity index (χ3v) is 3.62. The highest BCUT2D eigenvalue weighted by Crippen LogP contribution is 2.38. The Morgan fingerprint density at radius 3 is 2.11 bits per heavy atom. The van der Waals surface area contributed by atoms with Crippen molar-refractivity contribution >= 4 is 12.0 Å². The molecule has 0 saturated carbocycles. The number of methoxy groups -OCH3 is 3. The van der Waals surface area contributed by atoms with Gasteiger partial charge in [0.1, 0.15) is 0 Å². The summed E-state index contributed by atoms with van der Waals surface area (Å²) in [5.41, 5.74) is 0.706. The van der Waals surface area contributed by atoms with Gasteiger partial charge in [0.25, 0.3) is 0 Å². The van der Waals surface area contributed by atoms with Gasteiger partial charge in [-0.3, -0.25) is 0 Å². The van der Waals surface area contributed by atoms with Crippen LogP contribution < -0.4 is 23.7 Å². The van der Waals surface area contributed by atoms with Crippen molar-refractivity contribution in [1.82, 2.24) is 0 Å². The Bertz CT molecular complexity index is 772. The van der Waals surface area contributed by atoms with Crippen LogP contribution in [-0.4, -0.2) is 33.9 Å². The highest BCUT2D eigenvalue weighted by Gasteiger charge is 2.13. The van der Waals surface area contributed by atoms with Crippen molar-refractivity contribution in [3.63, 3.8) is 0 Å². The van der Waals surface area contributed by atoms with Gasteiger partial charge in [-0.2, -0.15) is 0 Å². The molecule has 0 amide bonds. The van der Waals surface area contributed by atoms with Crippen LogP contribution >= 0.6 is 0 Å². The van der Waals surface area contributed by atoms with Crippen molar-refractivity contribution in [2.24, 2.45) is 0 Å². The molecular formula is C21H24O6. The maximum atomic E-state index is 12.2. The summed E-state index contributed by atoms with van der Waals surface area (Å²) >= 11 is 0. The first kappa shape index (κ1) is 20.2. The van der Waals surface area contributed by atoms with E-state index in [4.69, 9.17) is 23.7 Å². The van der Waals surface area contributed by atoms with E-state index in [1.165, 1.54) is 27.4 Å². The van der Waals surface area contributed by atoms with Gasteiger partial charge in [0.2, 0.25) is 5.75 Å². The Morgan fingerprint density at radius 2 is 1.56 bits per heavy atom. The van der Waals surface area contributed by atoms with Gasteiger partial charge >= 0.3 is 5.97 Å². The first-order chi connectivity index (χ1) is 13.1. The van der Waals surface area contributed by atoms with Gasteiger partial charge in [0.15, 0.2) is 23.0 Å². The molecule has 0 aliphatic carbocycles. The second-order valence-corrected chi connectivity index (χ2v) is 5.51. The fourth-order valence-electron chi connectivity index (χ4n) is 2.37. The van der Waals surface area contributed by atoms with E-state index >= 15 is 0 Å². The zero-order valence-electron chi connectivity index (χ0n) is 16.0. The van der Waals surface area contributed by atoms with Gasteiger partial charge in [-0.1, -0.05) is 19.1 Å². The summed E-state index contributed by atoms with van der Waals surface area (Å²) in [6.45, 7) is 2.56. The summed E-state index contributed by atoms with van der Waals surface area (Å²) in [4.78, 5) is 12.2. The molecule has 144 valence electrons. The molecule has 0 heterocycles. The monoisotopic (exact) mass is 372 g/mol.